The Morgan fingerprint density at radius 1 is 1.16 bits per heavy atom. The number of hydrogen-bond acceptors (Lipinski definition) is 5. The summed E-state index contributed by atoms with van der Waals surface area (Å²) in [4.78, 5) is 11.5. The largest absolute Gasteiger partial charge is 0.377 e. The molecule has 1 atom stereocenters. The first-order valence-electron chi connectivity index (χ1n) is 11.4. The van der Waals surface area contributed by atoms with Crippen LogP contribution in [0, 0.1) is 0 Å². The molecule has 0 bridgehead atoms. The van der Waals surface area contributed by atoms with Gasteiger partial charge in [-0.05, 0) is 43.5 Å². The maximum absolute atomic E-state index is 5.15. The fraction of sp³-hybridized carbons (Fsp3) is 0.609. The second-order valence-corrected chi connectivity index (χ2v) is 8.52. The predicted octanol–water partition coefficient (Wildman–Crippen LogP) is 2.09. The van der Waals surface area contributed by atoms with Gasteiger partial charge in [-0.3, -0.25) is 9.89 Å². The maximum atomic E-state index is 5.15. The summed E-state index contributed by atoms with van der Waals surface area (Å²) in [7, 11) is 3.49. The summed E-state index contributed by atoms with van der Waals surface area (Å²) < 4.78 is 7.14. The summed E-state index contributed by atoms with van der Waals surface area (Å²) in [6.45, 7) is 5.53. The SMILES string of the molecule is CN=C(NCc1ccc(CN2CCCCC2)cc1)NC1CCc2nc(COC)nn2C1. The van der Waals surface area contributed by atoms with Gasteiger partial charge in [0.05, 0.1) is 6.54 Å². The molecule has 8 nitrogen and oxygen atoms in total. The molecule has 31 heavy (non-hydrogen) atoms. The Labute approximate surface area is 185 Å². The smallest absolute Gasteiger partial charge is 0.191 e. The molecular formula is C23H35N7O. The number of hydrogen-bond donors (Lipinski definition) is 2. The van der Waals surface area contributed by atoms with Crippen LogP contribution in [0.1, 0.15) is 48.5 Å². The molecule has 1 fully saturated rings. The van der Waals surface area contributed by atoms with E-state index in [1.807, 2.05) is 11.7 Å². The molecule has 168 valence electrons. The lowest BCUT2D eigenvalue weighted by atomic mass is 10.1. The third-order valence-corrected chi connectivity index (χ3v) is 6.08. The summed E-state index contributed by atoms with van der Waals surface area (Å²) >= 11 is 0. The molecule has 0 saturated carbocycles. The van der Waals surface area contributed by atoms with Gasteiger partial charge >= 0.3 is 0 Å². The van der Waals surface area contributed by atoms with Crippen molar-refractivity contribution < 1.29 is 4.74 Å². The molecule has 3 heterocycles. The molecule has 0 spiro atoms. The summed E-state index contributed by atoms with van der Waals surface area (Å²) in [5, 5.41) is 11.5. The normalized spacial score (nSPS) is 19.8. The van der Waals surface area contributed by atoms with Crippen LogP contribution in [0.15, 0.2) is 29.3 Å². The van der Waals surface area contributed by atoms with E-state index < -0.39 is 0 Å². The van der Waals surface area contributed by atoms with Crippen LogP contribution in [-0.2, 0) is 37.4 Å². The van der Waals surface area contributed by atoms with Crippen LogP contribution >= 0.6 is 0 Å². The van der Waals surface area contributed by atoms with Gasteiger partial charge in [0, 0.05) is 39.7 Å². The molecule has 8 heteroatoms. The van der Waals surface area contributed by atoms with Crippen molar-refractivity contribution in [1.82, 2.24) is 30.3 Å². The molecule has 2 N–H and O–H groups in total. The van der Waals surface area contributed by atoms with Crippen molar-refractivity contribution in [1.29, 1.82) is 0 Å². The van der Waals surface area contributed by atoms with Gasteiger partial charge in [-0.25, -0.2) is 9.67 Å². The highest BCUT2D eigenvalue weighted by Crippen LogP contribution is 2.15. The Bertz CT molecular complexity index is 855. The van der Waals surface area contributed by atoms with Crippen LogP contribution in [0.2, 0.25) is 0 Å². The first-order valence-corrected chi connectivity index (χ1v) is 11.4. The molecule has 0 amide bonds. The van der Waals surface area contributed by atoms with Gasteiger partial charge in [0.2, 0.25) is 0 Å². The number of fused-ring (bicyclic) bond motifs is 1. The summed E-state index contributed by atoms with van der Waals surface area (Å²) in [5.74, 6) is 2.62. The summed E-state index contributed by atoms with van der Waals surface area (Å²) in [6.07, 6.45) is 5.97. The average molecular weight is 426 g/mol. The Balaban J connectivity index is 1.25. The Morgan fingerprint density at radius 2 is 1.94 bits per heavy atom. The minimum Gasteiger partial charge on any atom is -0.377 e. The monoisotopic (exact) mass is 425 g/mol. The van der Waals surface area contributed by atoms with Crippen LogP contribution in [0.3, 0.4) is 0 Å². The molecule has 2 aromatic rings. The Kier molecular flexibility index (Phi) is 7.53. The third-order valence-electron chi connectivity index (χ3n) is 6.08. The van der Waals surface area contributed by atoms with Crippen molar-refractivity contribution in [2.24, 2.45) is 4.99 Å². The van der Waals surface area contributed by atoms with E-state index in [2.05, 4.69) is 54.9 Å². The van der Waals surface area contributed by atoms with Crippen LogP contribution in [-0.4, -0.2) is 58.9 Å². The van der Waals surface area contributed by atoms with Crippen molar-refractivity contribution >= 4 is 5.96 Å². The van der Waals surface area contributed by atoms with E-state index in [4.69, 9.17) is 4.74 Å². The zero-order valence-electron chi connectivity index (χ0n) is 18.8. The van der Waals surface area contributed by atoms with Crippen molar-refractivity contribution in [2.45, 2.75) is 64.4 Å². The molecule has 0 radical (unpaired) electrons. The number of nitrogens with zero attached hydrogens (tertiary/aromatic N) is 5. The third kappa shape index (κ3) is 6.04. The van der Waals surface area contributed by atoms with Crippen LogP contribution < -0.4 is 10.6 Å². The zero-order chi connectivity index (χ0) is 21.5. The zero-order valence-corrected chi connectivity index (χ0v) is 18.8. The Morgan fingerprint density at radius 3 is 2.68 bits per heavy atom. The maximum Gasteiger partial charge on any atom is 0.191 e. The van der Waals surface area contributed by atoms with Crippen molar-refractivity contribution in [3.63, 3.8) is 0 Å². The number of methoxy groups -OCH3 is 1. The van der Waals surface area contributed by atoms with Gasteiger partial charge in [-0.15, -0.1) is 0 Å². The number of likely N-dealkylation sites (tertiary alicyclic amines) is 1. The molecular weight excluding hydrogens is 390 g/mol. The highest BCUT2D eigenvalue weighted by Gasteiger charge is 2.22. The number of benzene rings is 1. The minimum absolute atomic E-state index is 0.280. The van der Waals surface area contributed by atoms with Crippen molar-refractivity contribution in [3.8, 4) is 0 Å². The lowest BCUT2D eigenvalue weighted by molar-refractivity contribution is 0.177. The lowest BCUT2D eigenvalue weighted by Gasteiger charge is -2.26. The summed E-state index contributed by atoms with van der Waals surface area (Å²) in [6, 6.07) is 9.24. The predicted molar refractivity (Wildman–Crippen MR) is 122 cm³/mol. The number of rotatable bonds is 7. The minimum atomic E-state index is 0.280. The quantitative estimate of drug-likeness (QED) is 0.522. The first-order chi connectivity index (χ1) is 15.2. The second kappa shape index (κ2) is 10.7. The number of guanidine groups is 1. The number of aryl methyl sites for hydroxylation is 1. The lowest BCUT2D eigenvalue weighted by Crippen LogP contribution is -2.46. The fourth-order valence-corrected chi connectivity index (χ4v) is 4.38. The standard InChI is InChI=1S/C23H35N7O/c1-24-23(26-20-10-11-22-27-21(17-31-2)28-30(22)16-20)25-14-18-6-8-19(9-7-18)15-29-12-4-3-5-13-29/h6-9,20H,3-5,10-17H2,1-2H3,(H2,24,25,26). The van der Waals surface area contributed by atoms with E-state index >= 15 is 0 Å². The number of aromatic nitrogens is 3. The molecule has 1 unspecified atom stereocenters. The van der Waals surface area contributed by atoms with Crippen molar-refractivity contribution in [2.75, 3.05) is 27.2 Å². The summed E-state index contributed by atoms with van der Waals surface area (Å²) in [5.41, 5.74) is 2.66. The van der Waals surface area contributed by atoms with E-state index in [1.54, 1.807) is 7.11 Å². The van der Waals surface area contributed by atoms with Crippen molar-refractivity contribution in [3.05, 3.63) is 47.0 Å². The average Bonchev–Trinajstić information content (AvgIpc) is 3.20. The second-order valence-electron chi connectivity index (χ2n) is 8.52. The van der Waals surface area contributed by atoms with E-state index in [0.29, 0.717) is 6.61 Å². The molecule has 2 aliphatic heterocycles. The van der Waals surface area contributed by atoms with Crippen LogP contribution in [0.25, 0.3) is 0 Å². The molecule has 1 aromatic heterocycles. The topological polar surface area (TPSA) is 79.6 Å². The van der Waals surface area contributed by atoms with Gasteiger partial charge in [-0.2, -0.15) is 5.10 Å². The Hall–Kier alpha value is -2.45. The highest BCUT2D eigenvalue weighted by atomic mass is 16.5. The highest BCUT2D eigenvalue weighted by molar-refractivity contribution is 5.79. The number of ether oxygens (including phenoxy) is 1. The molecule has 2 aliphatic rings. The van der Waals surface area contributed by atoms with Gasteiger partial charge in [0.1, 0.15) is 12.4 Å². The van der Waals surface area contributed by atoms with Crippen LogP contribution in [0.5, 0.6) is 0 Å². The molecule has 0 aliphatic carbocycles. The van der Waals surface area contributed by atoms with E-state index in [0.717, 1.165) is 50.1 Å². The van der Waals surface area contributed by atoms with Gasteiger partial charge in [0.15, 0.2) is 11.8 Å². The molecule has 4 rings (SSSR count). The van der Waals surface area contributed by atoms with Gasteiger partial charge < -0.3 is 15.4 Å². The van der Waals surface area contributed by atoms with E-state index in [9.17, 15) is 0 Å². The van der Waals surface area contributed by atoms with E-state index in [-0.39, 0.29) is 6.04 Å². The number of nitrogens with one attached hydrogen (secondary N) is 2. The number of piperidine rings is 1. The van der Waals surface area contributed by atoms with E-state index in [1.165, 1.54) is 43.5 Å². The van der Waals surface area contributed by atoms with Crippen LogP contribution in [0.4, 0.5) is 0 Å². The fourth-order valence-electron chi connectivity index (χ4n) is 4.38. The van der Waals surface area contributed by atoms with Gasteiger partial charge in [0.25, 0.3) is 0 Å². The molecule has 1 saturated heterocycles. The first kappa shape index (κ1) is 21.8. The number of aliphatic imine (C=N–C) groups is 1. The van der Waals surface area contributed by atoms with Gasteiger partial charge in [-0.1, -0.05) is 30.7 Å². The molecule has 1 aromatic carbocycles.